The maximum atomic E-state index is 5.35. The van der Waals surface area contributed by atoms with Crippen molar-refractivity contribution in [3.63, 3.8) is 0 Å². The molecule has 1 aromatic rings. The molecule has 0 radical (unpaired) electrons. The highest BCUT2D eigenvalue weighted by Gasteiger charge is 2.10. The van der Waals surface area contributed by atoms with Gasteiger partial charge in [-0.2, -0.15) is 0 Å². The molecule has 0 saturated heterocycles. The first-order valence-corrected chi connectivity index (χ1v) is 5.32. The predicted octanol–water partition coefficient (Wildman–Crippen LogP) is 2.21. The van der Waals surface area contributed by atoms with Gasteiger partial charge in [0.15, 0.2) is 0 Å². The van der Waals surface area contributed by atoms with Crippen molar-refractivity contribution in [1.29, 1.82) is 0 Å². The van der Waals surface area contributed by atoms with Gasteiger partial charge < -0.3 is 0 Å². The van der Waals surface area contributed by atoms with Gasteiger partial charge in [0.1, 0.15) is 0 Å². The Bertz CT molecular complexity index is 274. The van der Waals surface area contributed by atoms with Gasteiger partial charge in [-0.05, 0) is 13.3 Å². The number of hydrogen-bond donors (Lipinski definition) is 1. The Morgan fingerprint density at radius 3 is 3.00 bits per heavy atom. The van der Waals surface area contributed by atoms with Gasteiger partial charge >= 0.3 is 0 Å². The average Bonchev–Trinajstić information content (AvgIpc) is 2.66. The minimum absolute atomic E-state index is 0.150. The summed E-state index contributed by atoms with van der Waals surface area (Å²) in [6.07, 6.45) is 6.30. The molecule has 1 heterocycles. The molecule has 2 atom stereocenters. The van der Waals surface area contributed by atoms with Crippen LogP contribution in [-0.4, -0.2) is 11.0 Å². The molecule has 0 amide bonds. The molecule has 13 heavy (non-hydrogen) atoms. The minimum atomic E-state index is 0.150. The highest BCUT2D eigenvalue weighted by atomic mass is 32.1. The average molecular weight is 194 g/mol. The number of terminal acetylenes is 1. The van der Waals surface area contributed by atoms with Crippen LogP contribution in [0.4, 0.5) is 0 Å². The summed E-state index contributed by atoms with van der Waals surface area (Å²) in [6, 6.07) is 0.393. The first kappa shape index (κ1) is 10.2. The number of rotatable bonds is 4. The van der Waals surface area contributed by atoms with Gasteiger partial charge in [0.25, 0.3) is 0 Å². The normalized spacial score (nSPS) is 14.8. The summed E-state index contributed by atoms with van der Waals surface area (Å²) < 4.78 is 0. The SMILES string of the molecule is C#CC(CC)NC(C)c1cscn1. The van der Waals surface area contributed by atoms with Gasteiger partial charge in [0.2, 0.25) is 0 Å². The molecule has 2 nitrogen and oxygen atoms in total. The van der Waals surface area contributed by atoms with Crippen LogP contribution in [0.15, 0.2) is 10.9 Å². The van der Waals surface area contributed by atoms with E-state index in [-0.39, 0.29) is 12.1 Å². The summed E-state index contributed by atoms with van der Waals surface area (Å²) in [5, 5.41) is 5.37. The lowest BCUT2D eigenvalue weighted by Gasteiger charge is -2.15. The van der Waals surface area contributed by atoms with Crippen molar-refractivity contribution in [3.8, 4) is 12.3 Å². The molecule has 0 spiro atoms. The third kappa shape index (κ3) is 2.83. The van der Waals surface area contributed by atoms with E-state index in [1.807, 2.05) is 10.9 Å². The fourth-order valence-electron chi connectivity index (χ4n) is 1.11. The van der Waals surface area contributed by atoms with Crippen LogP contribution in [0, 0.1) is 12.3 Å². The Morgan fingerprint density at radius 2 is 2.54 bits per heavy atom. The third-order valence-corrected chi connectivity index (χ3v) is 2.56. The first-order chi connectivity index (χ1) is 6.27. The van der Waals surface area contributed by atoms with E-state index >= 15 is 0 Å². The fraction of sp³-hybridized carbons (Fsp3) is 0.500. The molecular formula is C10H14N2S. The molecule has 1 rings (SSSR count). The molecule has 0 aromatic carbocycles. The van der Waals surface area contributed by atoms with E-state index in [9.17, 15) is 0 Å². The second kappa shape index (κ2) is 5.00. The fourth-order valence-corrected chi connectivity index (χ4v) is 1.75. The van der Waals surface area contributed by atoms with Crippen molar-refractivity contribution in [2.45, 2.75) is 32.4 Å². The van der Waals surface area contributed by atoms with Crippen LogP contribution in [0.3, 0.4) is 0 Å². The summed E-state index contributed by atoms with van der Waals surface area (Å²) in [6.45, 7) is 4.15. The van der Waals surface area contributed by atoms with Crippen LogP contribution >= 0.6 is 11.3 Å². The van der Waals surface area contributed by atoms with Crippen LogP contribution < -0.4 is 5.32 Å². The molecule has 2 unspecified atom stereocenters. The van der Waals surface area contributed by atoms with Crippen LogP contribution in [0.1, 0.15) is 32.0 Å². The molecule has 0 aliphatic heterocycles. The Hall–Kier alpha value is -0.850. The molecule has 1 N–H and O–H groups in total. The second-order valence-corrected chi connectivity index (χ2v) is 3.65. The van der Waals surface area contributed by atoms with Gasteiger partial charge in [-0.25, -0.2) is 4.98 Å². The monoisotopic (exact) mass is 194 g/mol. The van der Waals surface area contributed by atoms with Crippen LogP contribution in [0.25, 0.3) is 0 Å². The number of hydrogen-bond acceptors (Lipinski definition) is 3. The second-order valence-electron chi connectivity index (χ2n) is 2.93. The smallest absolute Gasteiger partial charge is 0.0795 e. The molecule has 0 bridgehead atoms. The zero-order valence-electron chi connectivity index (χ0n) is 7.95. The van der Waals surface area contributed by atoms with E-state index < -0.39 is 0 Å². The molecule has 1 aromatic heterocycles. The van der Waals surface area contributed by atoms with E-state index in [4.69, 9.17) is 6.42 Å². The van der Waals surface area contributed by atoms with E-state index in [1.54, 1.807) is 11.3 Å². The molecule has 0 aliphatic carbocycles. The van der Waals surface area contributed by atoms with Gasteiger partial charge in [0, 0.05) is 11.4 Å². The van der Waals surface area contributed by atoms with E-state index in [0.717, 1.165) is 12.1 Å². The summed E-state index contributed by atoms with van der Waals surface area (Å²) in [7, 11) is 0. The highest BCUT2D eigenvalue weighted by molar-refractivity contribution is 7.07. The summed E-state index contributed by atoms with van der Waals surface area (Å²) in [4.78, 5) is 4.23. The van der Waals surface area contributed by atoms with Gasteiger partial charge in [0.05, 0.1) is 17.2 Å². The van der Waals surface area contributed by atoms with E-state index in [2.05, 4.69) is 30.1 Å². The van der Waals surface area contributed by atoms with Crippen molar-refractivity contribution >= 4 is 11.3 Å². The lowest BCUT2D eigenvalue weighted by molar-refractivity contribution is 0.505. The molecule has 0 saturated carbocycles. The van der Waals surface area contributed by atoms with Crippen LogP contribution in [-0.2, 0) is 0 Å². The molecular weight excluding hydrogens is 180 g/mol. The largest absolute Gasteiger partial charge is 0.295 e. The highest BCUT2D eigenvalue weighted by Crippen LogP contribution is 2.12. The number of aromatic nitrogens is 1. The number of nitrogens with one attached hydrogen (secondary N) is 1. The molecule has 3 heteroatoms. The first-order valence-electron chi connectivity index (χ1n) is 4.38. The summed E-state index contributed by atoms with van der Waals surface area (Å²) in [5.41, 5.74) is 2.91. The minimum Gasteiger partial charge on any atom is -0.295 e. The predicted molar refractivity (Wildman–Crippen MR) is 56.6 cm³/mol. The maximum absolute atomic E-state index is 5.35. The Morgan fingerprint density at radius 1 is 1.77 bits per heavy atom. The standard InChI is InChI=1S/C10H14N2S/c1-4-9(5-2)12-8(3)10-6-13-7-11-10/h1,6-9,12H,5H2,2-3H3. The Labute approximate surface area is 83.4 Å². The van der Waals surface area contributed by atoms with Gasteiger partial charge in [-0.1, -0.05) is 12.8 Å². The molecule has 0 fully saturated rings. The number of thiazole rings is 1. The Kier molecular flexibility index (Phi) is 3.94. The van der Waals surface area contributed by atoms with Crippen molar-refractivity contribution in [2.75, 3.05) is 0 Å². The molecule has 70 valence electrons. The van der Waals surface area contributed by atoms with Gasteiger partial charge in [-0.3, -0.25) is 5.32 Å². The van der Waals surface area contributed by atoms with E-state index in [0.29, 0.717) is 0 Å². The van der Waals surface area contributed by atoms with Crippen molar-refractivity contribution in [2.24, 2.45) is 0 Å². The van der Waals surface area contributed by atoms with Crippen molar-refractivity contribution in [1.82, 2.24) is 10.3 Å². The van der Waals surface area contributed by atoms with Crippen molar-refractivity contribution in [3.05, 3.63) is 16.6 Å². The number of nitrogens with zero attached hydrogens (tertiary/aromatic N) is 1. The molecule has 0 aliphatic rings. The topological polar surface area (TPSA) is 24.9 Å². The van der Waals surface area contributed by atoms with Crippen LogP contribution in [0.5, 0.6) is 0 Å². The zero-order chi connectivity index (χ0) is 9.68. The lowest BCUT2D eigenvalue weighted by Crippen LogP contribution is -2.29. The quantitative estimate of drug-likeness (QED) is 0.743. The third-order valence-electron chi connectivity index (χ3n) is 1.96. The van der Waals surface area contributed by atoms with Gasteiger partial charge in [-0.15, -0.1) is 17.8 Å². The van der Waals surface area contributed by atoms with E-state index in [1.165, 1.54) is 0 Å². The van der Waals surface area contributed by atoms with Crippen LogP contribution in [0.2, 0.25) is 0 Å². The maximum Gasteiger partial charge on any atom is 0.0795 e. The summed E-state index contributed by atoms with van der Waals surface area (Å²) in [5.74, 6) is 2.71. The Balaban J connectivity index is 2.51. The lowest BCUT2D eigenvalue weighted by atomic mass is 10.2. The van der Waals surface area contributed by atoms with Crippen molar-refractivity contribution < 1.29 is 0 Å². The summed E-state index contributed by atoms with van der Waals surface area (Å²) >= 11 is 1.61. The zero-order valence-corrected chi connectivity index (χ0v) is 8.77.